The van der Waals surface area contributed by atoms with Crippen LogP contribution in [0.2, 0.25) is 0 Å². The lowest BCUT2D eigenvalue weighted by molar-refractivity contribution is -0.139. The molecule has 0 aliphatic rings. The highest BCUT2D eigenvalue weighted by Crippen LogP contribution is 2.18. The van der Waals surface area contributed by atoms with E-state index in [9.17, 15) is 9.59 Å². The molecule has 0 spiro atoms. The van der Waals surface area contributed by atoms with E-state index in [1.165, 1.54) is 0 Å². The van der Waals surface area contributed by atoms with Crippen LogP contribution in [0.1, 0.15) is 34.1 Å². The molecule has 4 heteroatoms. The van der Waals surface area contributed by atoms with Gasteiger partial charge >= 0.3 is 5.97 Å². The molecule has 0 aliphatic carbocycles. The second kappa shape index (κ2) is 6.30. The molecule has 92 valence electrons. The first-order valence-corrected chi connectivity index (χ1v) is 5.42. The first-order chi connectivity index (χ1) is 7.31. The zero-order chi connectivity index (χ0) is 12.8. The van der Waals surface area contributed by atoms with Gasteiger partial charge in [-0.2, -0.15) is 0 Å². The maximum absolute atomic E-state index is 11.6. The van der Waals surface area contributed by atoms with Gasteiger partial charge in [-0.05, 0) is 13.3 Å². The Morgan fingerprint density at radius 2 is 1.94 bits per heavy atom. The van der Waals surface area contributed by atoms with Gasteiger partial charge in [-0.15, -0.1) is 0 Å². The van der Waals surface area contributed by atoms with Crippen molar-refractivity contribution in [2.45, 2.75) is 34.1 Å². The number of ether oxygens (including phenoxy) is 1. The number of nitrogens with one attached hydrogen (secondary N) is 1. The van der Waals surface area contributed by atoms with E-state index >= 15 is 0 Å². The molecule has 0 saturated carbocycles. The Kier molecular flexibility index (Phi) is 5.78. The molecule has 0 aromatic carbocycles. The minimum atomic E-state index is -0.427. The molecule has 0 rings (SSSR count). The lowest BCUT2D eigenvalue weighted by Crippen LogP contribution is -2.38. The van der Waals surface area contributed by atoms with Crippen LogP contribution < -0.4 is 5.32 Å². The van der Waals surface area contributed by atoms with Crippen LogP contribution in [-0.2, 0) is 14.3 Å². The third-order valence-electron chi connectivity index (χ3n) is 2.47. The first kappa shape index (κ1) is 14.7. The average molecular weight is 227 g/mol. The quantitative estimate of drug-likeness (QED) is 0.426. The van der Waals surface area contributed by atoms with E-state index in [0.29, 0.717) is 12.1 Å². The second-order valence-corrected chi connectivity index (χ2v) is 4.41. The minimum absolute atomic E-state index is 0.0265. The average Bonchev–Trinajstić information content (AvgIpc) is 2.23. The summed E-state index contributed by atoms with van der Waals surface area (Å²) in [6.07, 6.45) is 0.768. The fraction of sp³-hybridized carbons (Fsp3) is 0.667. The van der Waals surface area contributed by atoms with Crippen LogP contribution in [0.3, 0.4) is 0 Å². The predicted octanol–water partition coefficient (Wildman–Crippen LogP) is 1.66. The Morgan fingerprint density at radius 1 is 1.38 bits per heavy atom. The zero-order valence-corrected chi connectivity index (χ0v) is 10.6. The number of carbonyl (C=O) groups is 2. The largest absolute Gasteiger partial charge is 0.460 e. The van der Waals surface area contributed by atoms with Crippen LogP contribution in [0.4, 0.5) is 0 Å². The summed E-state index contributed by atoms with van der Waals surface area (Å²) in [4.78, 5) is 22.6. The fourth-order valence-corrected chi connectivity index (χ4v) is 0.831. The van der Waals surface area contributed by atoms with Crippen molar-refractivity contribution >= 4 is 11.9 Å². The zero-order valence-electron chi connectivity index (χ0n) is 10.6. The van der Waals surface area contributed by atoms with Gasteiger partial charge in [-0.1, -0.05) is 27.4 Å². The smallest absolute Gasteiger partial charge is 0.333 e. The summed E-state index contributed by atoms with van der Waals surface area (Å²) in [5.41, 5.74) is -0.0153. The van der Waals surface area contributed by atoms with Gasteiger partial charge in [0.1, 0.15) is 6.61 Å². The van der Waals surface area contributed by atoms with E-state index in [2.05, 4.69) is 11.9 Å². The molecule has 0 aromatic rings. The number of carbonyl (C=O) groups excluding carboxylic acids is 2. The third-order valence-corrected chi connectivity index (χ3v) is 2.47. The topological polar surface area (TPSA) is 55.4 Å². The Bertz CT molecular complexity index is 282. The van der Waals surface area contributed by atoms with Gasteiger partial charge in [0.05, 0.1) is 6.54 Å². The third kappa shape index (κ3) is 4.96. The van der Waals surface area contributed by atoms with Gasteiger partial charge < -0.3 is 10.1 Å². The van der Waals surface area contributed by atoms with Crippen LogP contribution in [0.25, 0.3) is 0 Å². The van der Waals surface area contributed by atoms with Crippen molar-refractivity contribution in [3.05, 3.63) is 12.2 Å². The maximum atomic E-state index is 11.6. The maximum Gasteiger partial charge on any atom is 0.333 e. The van der Waals surface area contributed by atoms with Gasteiger partial charge in [0, 0.05) is 11.0 Å². The van der Waals surface area contributed by atoms with Crippen molar-refractivity contribution in [1.29, 1.82) is 0 Å². The van der Waals surface area contributed by atoms with Gasteiger partial charge in [0.25, 0.3) is 0 Å². The molecular formula is C12H21NO3. The molecule has 0 aliphatic heterocycles. The summed E-state index contributed by atoms with van der Waals surface area (Å²) in [5, 5.41) is 2.72. The Balaban J connectivity index is 3.80. The molecular weight excluding hydrogens is 206 g/mol. The van der Waals surface area contributed by atoms with E-state index in [1.807, 2.05) is 20.8 Å². The van der Waals surface area contributed by atoms with Gasteiger partial charge in [0.2, 0.25) is 5.91 Å². The predicted molar refractivity (Wildman–Crippen MR) is 62.9 cm³/mol. The molecule has 0 unspecified atom stereocenters. The molecule has 0 aromatic heterocycles. The van der Waals surface area contributed by atoms with Crippen molar-refractivity contribution < 1.29 is 14.3 Å². The second-order valence-electron chi connectivity index (χ2n) is 4.41. The normalized spacial score (nSPS) is 10.8. The van der Waals surface area contributed by atoms with E-state index in [4.69, 9.17) is 4.74 Å². The summed E-state index contributed by atoms with van der Waals surface area (Å²) in [6.45, 7) is 11.3. The van der Waals surface area contributed by atoms with Gasteiger partial charge in [-0.25, -0.2) is 4.79 Å². The van der Waals surface area contributed by atoms with Crippen molar-refractivity contribution in [3.8, 4) is 0 Å². The number of rotatable bonds is 6. The highest BCUT2D eigenvalue weighted by Gasteiger charge is 2.24. The van der Waals surface area contributed by atoms with Crippen LogP contribution in [0.15, 0.2) is 12.2 Å². The number of esters is 1. The lowest BCUT2D eigenvalue weighted by atomic mass is 9.89. The van der Waals surface area contributed by atoms with E-state index in [1.54, 1.807) is 6.92 Å². The molecule has 0 fully saturated rings. The van der Waals surface area contributed by atoms with Crippen molar-refractivity contribution in [2.75, 3.05) is 13.2 Å². The first-order valence-electron chi connectivity index (χ1n) is 5.42. The molecule has 0 saturated heterocycles. The van der Waals surface area contributed by atoms with Gasteiger partial charge in [0.15, 0.2) is 0 Å². The highest BCUT2D eigenvalue weighted by molar-refractivity contribution is 5.87. The Labute approximate surface area is 97.1 Å². The van der Waals surface area contributed by atoms with Crippen LogP contribution >= 0.6 is 0 Å². The fourth-order valence-electron chi connectivity index (χ4n) is 0.831. The summed E-state index contributed by atoms with van der Waals surface area (Å²) < 4.78 is 4.85. The molecule has 16 heavy (non-hydrogen) atoms. The molecule has 0 atom stereocenters. The minimum Gasteiger partial charge on any atom is -0.460 e. The molecule has 1 N–H and O–H groups in total. The summed E-state index contributed by atoms with van der Waals surface area (Å²) in [5.74, 6) is -0.453. The summed E-state index contributed by atoms with van der Waals surface area (Å²) >= 11 is 0. The van der Waals surface area contributed by atoms with Crippen molar-refractivity contribution in [1.82, 2.24) is 5.32 Å². The summed E-state index contributed by atoms with van der Waals surface area (Å²) in [7, 11) is 0. The number of amides is 1. The molecule has 0 bridgehead atoms. The van der Waals surface area contributed by atoms with E-state index in [-0.39, 0.29) is 17.9 Å². The van der Waals surface area contributed by atoms with Crippen LogP contribution in [0, 0.1) is 5.41 Å². The molecule has 4 nitrogen and oxygen atoms in total. The Morgan fingerprint density at radius 3 is 2.38 bits per heavy atom. The van der Waals surface area contributed by atoms with Gasteiger partial charge in [-0.3, -0.25) is 4.79 Å². The molecule has 0 radical (unpaired) electrons. The van der Waals surface area contributed by atoms with E-state index in [0.717, 1.165) is 6.42 Å². The van der Waals surface area contributed by atoms with E-state index < -0.39 is 5.97 Å². The highest BCUT2D eigenvalue weighted by atomic mass is 16.5. The van der Waals surface area contributed by atoms with Crippen molar-refractivity contribution in [3.63, 3.8) is 0 Å². The van der Waals surface area contributed by atoms with Crippen molar-refractivity contribution in [2.24, 2.45) is 5.41 Å². The number of hydrogen-bond acceptors (Lipinski definition) is 3. The monoisotopic (exact) mass is 227 g/mol. The standard InChI is InChI=1S/C12H21NO3/c1-6-12(4,5)11(15)13-7-8-16-10(14)9(2)3/h2,6-8H2,1,3-5H3,(H,13,15). The van der Waals surface area contributed by atoms with Crippen LogP contribution in [-0.4, -0.2) is 25.0 Å². The Hall–Kier alpha value is -1.32. The lowest BCUT2D eigenvalue weighted by Gasteiger charge is -2.21. The molecule has 1 amide bonds. The number of hydrogen-bond donors (Lipinski definition) is 1. The SMILES string of the molecule is C=C(C)C(=O)OCCNC(=O)C(C)(C)CC. The summed E-state index contributed by atoms with van der Waals surface area (Å²) in [6, 6.07) is 0. The molecule has 0 heterocycles. The van der Waals surface area contributed by atoms with Crippen LogP contribution in [0.5, 0.6) is 0 Å².